The average molecular weight is 522 g/mol. The van der Waals surface area contributed by atoms with Gasteiger partial charge in [0.05, 0.1) is 11.0 Å². The Labute approximate surface area is 221 Å². The highest BCUT2D eigenvalue weighted by atomic mass is 19.4. The Kier molecular flexibility index (Phi) is 9.30. The smallest absolute Gasteiger partial charge is 0.416 e. The monoisotopic (exact) mass is 521 g/mol. The van der Waals surface area contributed by atoms with E-state index in [1.165, 1.54) is 76.3 Å². The van der Waals surface area contributed by atoms with Crippen LogP contribution in [-0.4, -0.2) is 35.1 Å². The second-order valence-corrected chi connectivity index (χ2v) is 12.7. The van der Waals surface area contributed by atoms with Gasteiger partial charge in [-0.25, -0.2) is 0 Å². The summed E-state index contributed by atoms with van der Waals surface area (Å²) in [6.07, 6.45) is 11.1. The van der Waals surface area contributed by atoms with Gasteiger partial charge in [0.25, 0.3) is 0 Å². The van der Waals surface area contributed by atoms with Crippen LogP contribution in [0.4, 0.5) is 13.2 Å². The van der Waals surface area contributed by atoms with E-state index >= 15 is 0 Å². The number of hydrogen-bond donors (Lipinski definition) is 1. The standard InChI is InChI=1S/C31H46F3NO2/c1-30(2,29(36)37)26-14-9-15-27(28(26)24-16-18-25(19-17-24)31(32,33)34)35(20-22-10-5-3-6-11-22)21-23-12-7-4-8-13-23/h16-19,22-23,26-28H,3-15,20-21H2,1-2H3,(H,36,37). The Balaban J connectivity index is 1.70. The summed E-state index contributed by atoms with van der Waals surface area (Å²) in [5.74, 6) is 0.299. The molecule has 3 aliphatic carbocycles. The van der Waals surface area contributed by atoms with Crippen LogP contribution in [0.3, 0.4) is 0 Å². The number of rotatable bonds is 8. The van der Waals surface area contributed by atoms with Gasteiger partial charge in [0.15, 0.2) is 0 Å². The fourth-order valence-electron chi connectivity index (χ4n) is 7.65. The largest absolute Gasteiger partial charge is 0.481 e. The van der Waals surface area contributed by atoms with E-state index in [1.807, 2.05) is 13.8 Å². The second kappa shape index (κ2) is 12.1. The maximum Gasteiger partial charge on any atom is 0.416 e. The van der Waals surface area contributed by atoms with Crippen molar-refractivity contribution in [2.75, 3.05) is 13.1 Å². The van der Waals surface area contributed by atoms with E-state index in [0.29, 0.717) is 11.8 Å². The molecule has 0 amide bonds. The molecule has 4 rings (SSSR count). The molecule has 37 heavy (non-hydrogen) atoms. The normalized spacial score (nSPS) is 26.9. The van der Waals surface area contributed by atoms with E-state index in [4.69, 9.17) is 0 Å². The second-order valence-electron chi connectivity index (χ2n) is 12.7. The summed E-state index contributed by atoms with van der Waals surface area (Å²) in [5, 5.41) is 10.2. The maximum atomic E-state index is 13.4. The van der Waals surface area contributed by atoms with Gasteiger partial charge >= 0.3 is 12.1 Å². The third kappa shape index (κ3) is 6.91. The Bertz CT molecular complexity index is 849. The van der Waals surface area contributed by atoms with Gasteiger partial charge in [-0.1, -0.05) is 57.1 Å². The van der Waals surface area contributed by atoms with Gasteiger partial charge in [0.1, 0.15) is 0 Å². The van der Waals surface area contributed by atoms with Gasteiger partial charge in [-0.05, 0) is 87.8 Å². The van der Waals surface area contributed by atoms with Crippen molar-refractivity contribution >= 4 is 5.97 Å². The van der Waals surface area contributed by atoms with E-state index < -0.39 is 23.1 Å². The first-order valence-electron chi connectivity index (χ1n) is 14.7. The molecule has 3 unspecified atom stereocenters. The molecule has 1 aromatic carbocycles. The number of aliphatic carboxylic acids is 1. The molecule has 0 aliphatic heterocycles. The number of nitrogens with zero attached hydrogens (tertiary/aromatic N) is 1. The minimum absolute atomic E-state index is 0.0886. The number of carboxylic acid groups (broad SMARTS) is 1. The van der Waals surface area contributed by atoms with Gasteiger partial charge in [-0.2, -0.15) is 13.2 Å². The topological polar surface area (TPSA) is 40.5 Å². The summed E-state index contributed by atoms with van der Waals surface area (Å²) in [7, 11) is 0. The van der Waals surface area contributed by atoms with E-state index in [9.17, 15) is 23.1 Å². The molecule has 1 aromatic rings. The first-order chi connectivity index (χ1) is 17.6. The zero-order chi connectivity index (χ0) is 26.6. The molecule has 3 aliphatic rings. The highest BCUT2D eigenvalue weighted by Gasteiger charge is 2.48. The molecule has 0 aromatic heterocycles. The predicted molar refractivity (Wildman–Crippen MR) is 141 cm³/mol. The highest BCUT2D eigenvalue weighted by Crippen LogP contribution is 2.50. The van der Waals surface area contributed by atoms with Crippen LogP contribution in [0.2, 0.25) is 0 Å². The molecule has 0 saturated heterocycles. The van der Waals surface area contributed by atoms with Gasteiger partial charge in [-0.15, -0.1) is 0 Å². The van der Waals surface area contributed by atoms with Crippen molar-refractivity contribution in [2.45, 2.75) is 115 Å². The molecule has 3 fully saturated rings. The number of alkyl halides is 3. The molecule has 3 saturated carbocycles. The summed E-state index contributed by atoms with van der Waals surface area (Å²) in [6.45, 7) is 5.70. The minimum Gasteiger partial charge on any atom is -0.481 e. The average Bonchev–Trinajstić information content (AvgIpc) is 2.88. The zero-order valence-corrected chi connectivity index (χ0v) is 22.7. The number of benzene rings is 1. The van der Waals surface area contributed by atoms with Gasteiger partial charge in [-0.3, -0.25) is 9.69 Å². The summed E-state index contributed by atoms with van der Waals surface area (Å²) < 4.78 is 40.1. The fraction of sp³-hybridized carbons (Fsp3) is 0.774. The Hall–Kier alpha value is -1.56. The number of hydrogen-bond acceptors (Lipinski definition) is 2. The minimum atomic E-state index is -4.38. The van der Waals surface area contributed by atoms with Crippen molar-refractivity contribution in [2.24, 2.45) is 23.2 Å². The lowest BCUT2D eigenvalue weighted by atomic mass is 9.61. The lowest BCUT2D eigenvalue weighted by Crippen LogP contribution is -2.51. The third-order valence-corrected chi connectivity index (χ3v) is 9.87. The van der Waals surface area contributed by atoms with Gasteiger partial charge < -0.3 is 5.11 Å². The number of carbonyl (C=O) groups is 1. The van der Waals surface area contributed by atoms with Crippen LogP contribution in [0.25, 0.3) is 0 Å². The molecule has 0 spiro atoms. The van der Waals surface area contributed by atoms with Crippen LogP contribution in [0.1, 0.15) is 114 Å². The first-order valence-corrected chi connectivity index (χ1v) is 14.7. The summed E-state index contributed by atoms with van der Waals surface area (Å²) >= 11 is 0. The fourth-order valence-corrected chi connectivity index (χ4v) is 7.65. The van der Waals surface area contributed by atoms with Crippen molar-refractivity contribution in [3.63, 3.8) is 0 Å². The maximum absolute atomic E-state index is 13.4. The molecule has 0 bridgehead atoms. The van der Waals surface area contributed by atoms with E-state index in [2.05, 4.69) is 4.90 Å². The molecule has 3 nitrogen and oxygen atoms in total. The molecule has 3 atom stereocenters. The lowest BCUT2D eigenvalue weighted by Gasteiger charge is -2.50. The third-order valence-electron chi connectivity index (χ3n) is 9.87. The van der Waals surface area contributed by atoms with Crippen LogP contribution in [0, 0.1) is 23.2 Å². The number of halogens is 3. The van der Waals surface area contributed by atoms with E-state index in [1.54, 1.807) is 12.1 Å². The van der Waals surface area contributed by atoms with Crippen molar-refractivity contribution in [3.05, 3.63) is 35.4 Å². The molecule has 1 N–H and O–H groups in total. The van der Waals surface area contributed by atoms with Crippen molar-refractivity contribution in [1.29, 1.82) is 0 Å². The first kappa shape index (κ1) is 28.4. The van der Waals surface area contributed by atoms with Crippen molar-refractivity contribution in [3.8, 4) is 0 Å². The van der Waals surface area contributed by atoms with Crippen LogP contribution >= 0.6 is 0 Å². The summed E-state index contributed by atoms with van der Waals surface area (Å²) in [6, 6.07) is 5.82. The predicted octanol–water partition coefficient (Wildman–Crippen LogP) is 8.53. The summed E-state index contributed by atoms with van der Waals surface area (Å²) in [4.78, 5) is 15.1. The van der Waals surface area contributed by atoms with Crippen LogP contribution in [0.5, 0.6) is 0 Å². The Morgan fingerprint density at radius 2 is 1.32 bits per heavy atom. The quantitative estimate of drug-likeness (QED) is 0.373. The SMILES string of the molecule is CC(C)(C(=O)O)C1CCCC(N(CC2CCCCC2)CC2CCCCC2)C1c1ccc(C(F)(F)F)cc1. The molecular weight excluding hydrogens is 475 g/mol. The zero-order valence-electron chi connectivity index (χ0n) is 22.7. The molecule has 0 heterocycles. The van der Waals surface area contributed by atoms with Gasteiger partial charge in [0.2, 0.25) is 0 Å². The molecule has 6 heteroatoms. The molecule has 0 radical (unpaired) electrons. The Morgan fingerprint density at radius 1 is 0.811 bits per heavy atom. The molecule has 208 valence electrons. The highest BCUT2D eigenvalue weighted by molar-refractivity contribution is 5.74. The van der Waals surface area contributed by atoms with Crippen LogP contribution in [-0.2, 0) is 11.0 Å². The van der Waals surface area contributed by atoms with Crippen molar-refractivity contribution < 1.29 is 23.1 Å². The lowest BCUT2D eigenvalue weighted by molar-refractivity contribution is -0.152. The van der Waals surface area contributed by atoms with E-state index in [0.717, 1.165) is 37.9 Å². The van der Waals surface area contributed by atoms with Crippen LogP contribution in [0.15, 0.2) is 24.3 Å². The van der Waals surface area contributed by atoms with Crippen molar-refractivity contribution in [1.82, 2.24) is 4.90 Å². The summed E-state index contributed by atoms with van der Waals surface area (Å²) in [5.41, 5.74) is -0.721. The number of carboxylic acids is 1. The van der Waals surface area contributed by atoms with Crippen LogP contribution < -0.4 is 0 Å². The Morgan fingerprint density at radius 3 is 1.78 bits per heavy atom. The van der Waals surface area contributed by atoms with Gasteiger partial charge in [0, 0.05) is 25.0 Å². The van der Waals surface area contributed by atoms with E-state index in [-0.39, 0.29) is 17.9 Å². The molecular formula is C31H46F3NO2.